The Labute approximate surface area is 122 Å². The third kappa shape index (κ3) is 2.72. The quantitative estimate of drug-likeness (QED) is 0.808. The summed E-state index contributed by atoms with van der Waals surface area (Å²) >= 11 is 1.36. The van der Waals surface area contributed by atoms with Crippen molar-refractivity contribution in [2.24, 2.45) is 0 Å². The highest BCUT2D eigenvalue weighted by molar-refractivity contribution is 8.04. The third-order valence-electron chi connectivity index (χ3n) is 3.50. The van der Waals surface area contributed by atoms with Gasteiger partial charge in [-0.2, -0.15) is 0 Å². The zero-order chi connectivity index (χ0) is 13.9. The monoisotopic (exact) mass is 288 g/mol. The fraction of sp³-hybridized carbons (Fsp3) is 0.333. The van der Waals surface area contributed by atoms with Crippen LogP contribution in [-0.4, -0.2) is 29.8 Å². The van der Waals surface area contributed by atoms with Gasteiger partial charge in [0.2, 0.25) is 5.91 Å². The Morgan fingerprint density at radius 1 is 1.20 bits per heavy atom. The van der Waals surface area contributed by atoms with Crippen molar-refractivity contribution in [2.45, 2.75) is 24.2 Å². The molecule has 2 amide bonds. The van der Waals surface area contributed by atoms with Gasteiger partial charge >= 0.3 is 0 Å². The smallest absolute Gasteiger partial charge is 0.262 e. The maximum absolute atomic E-state index is 12.2. The molecular weight excluding hydrogens is 272 g/mol. The number of carbonyl (C=O) groups excluding carboxylic acids is 2. The molecule has 2 heterocycles. The minimum Gasteiger partial charge on any atom is -0.339 e. The predicted molar refractivity (Wildman–Crippen MR) is 79.4 cm³/mol. The van der Waals surface area contributed by atoms with E-state index in [1.807, 2.05) is 29.2 Å². The van der Waals surface area contributed by atoms with E-state index in [0.29, 0.717) is 4.91 Å². The molecule has 0 aromatic heterocycles. The van der Waals surface area contributed by atoms with E-state index in [1.165, 1.54) is 24.3 Å². The highest BCUT2D eigenvalue weighted by atomic mass is 32.2. The first-order chi connectivity index (χ1) is 9.74. The molecule has 1 aromatic carbocycles. The summed E-state index contributed by atoms with van der Waals surface area (Å²) in [7, 11) is 0. The van der Waals surface area contributed by atoms with Crippen LogP contribution in [-0.2, 0) is 9.59 Å². The largest absolute Gasteiger partial charge is 0.339 e. The molecule has 0 saturated carbocycles. The van der Waals surface area contributed by atoms with E-state index in [4.69, 9.17) is 0 Å². The van der Waals surface area contributed by atoms with Crippen molar-refractivity contribution < 1.29 is 9.59 Å². The van der Waals surface area contributed by atoms with Crippen LogP contribution < -0.4 is 5.32 Å². The van der Waals surface area contributed by atoms with Crippen LogP contribution in [0.5, 0.6) is 0 Å². The molecule has 1 aromatic rings. The van der Waals surface area contributed by atoms with Gasteiger partial charge in [-0.15, -0.1) is 0 Å². The number of para-hydroxylation sites is 1. The molecule has 5 heteroatoms. The predicted octanol–water partition coefficient (Wildman–Crippen LogP) is 2.63. The van der Waals surface area contributed by atoms with Crippen LogP contribution in [0.4, 0.5) is 5.69 Å². The van der Waals surface area contributed by atoms with Gasteiger partial charge in [0.1, 0.15) is 0 Å². The molecule has 0 unspecified atom stereocenters. The lowest BCUT2D eigenvalue weighted by atomic mass is 10.1. The van der Waals surface area contributed by atoms with Gasteiger partial charge < -0.3 is 10.2 Å². The molecule has 20 heavy (non-hydrogen) atoms. The van der Waals surface area contributed by atoms with Crippen molar-refractivity contribution in [3.05, 3.63) is 35.2 Å². The Kier molecular flexibility index (Phi) is 3.78. The van der Waals surface area contributed by atoms with Gasteiger partial charge in [-0.1, -0.05) is 23.9 Å². The number of nitrogens with zero attached hydrogens (tertiary/aromatic N) is 1. The summed E-state index contributed by atoms with van der Waals surface area (Å²) < 4.78 is 0. The first-order valence-electron chi connectivity index (χ1n) is 6.83. The normalized spacial score (nSPS) is 20.5. The van der Waals surface area contributed by atoms with Crippen LogP contribution in [0, 0.1) is 0 Å². The van der Waals surface area contributed by atoms with Crippen LogP contribution in [0.1, 0.15) is 19.3 Å². The summed E-state index contributed by atoms with van der Waals surface area (Å²) in [5.41, 5.74) is 0.810. The number of fused-ring (bicyclic) bond motifs is 1. The minimum atomic E-state index is -0.195. The number of rotatable bonds is 1. The van der Waals surface area contributed by atoms with Crippen molar-refractivity contribution >= 4 is 29.3 Å². The Morgan fingerprint density at radius 2 is 1.95 bits per heavy atom. The number of nitrogens with one attached hydrogen (secondary N) is 1. The molecule has 0 atom stereocenters. The summed E-state index contributed by atoms with van der Waals surface area (Å²) in [5, 5.41) is 2.82. The van der Waals surface area contributed by atoms with Gasteiger partial charge in [-0.25, -0.2) is 0 Å². The number of amides is 2. The zero-order valence-electron chi connectivity index (χ0n) is 11.1. The molecule has 1 N–H and O–H groups in total. The lowest BCUT2D eigenvalue weighted by molar-refractivity contribution is -0.127. The standard InChI is InChI=1S/C15H16N2O2S/c18-14(17-8-4-1-5-9-17)10-13-15(19)16-11-6-2-3-7-12(11)20-13/h2-3,6-7,10H,1,4-5,8-9H2,(H,16,19). The van der Waals surface area contributed by atoms with Crippen molar-refractivity contribution in [1.29, 1.82) is 0 Å². The second-order valence-electron chi connectivity index (χ2n) is 4.95. The average Bonchev–Trinajstić information content (AvgIpc) is 2.49. The molecule has 2 aliphatic heterocycles. The molecule has 1 fully saturated rings. The highest BCUT2D eigenvalue weighted by Crippen LogP contribution is 2.37. The third-order valence-corrected chi connectivity index (χ3v) is 4.60. The molecule has 0 radical (unpaired) electrons. The number of likely N-dealkylation sites (tertiary alicyclic amines) is 1. The zero-order valence-corrected chi connectivity index (χ0v) is 11.9. The van der Waals surface area contributed by atoms with E-state index in [-0.39, 0.29) is 11.8 Å². The summed E-state index contributed by atoms with van der Waals surface area (Å²) in [6.07, 6.45) is 4.76. The number of benzene rings is 1. The summed E-state index contributed by atoms with van der Waals surface area (Å²) in [6.45, 7) is 1.59. The van der Waals surface area contributed by atoms with Gasteiger partial charge in [-0.05, 0) is 31.4 Å². The highest BCUT2D eigenvalue weighted by Gasteiger charge is 2.23. The van der Waals surface area contributed by atoms with E-state index in [0.717, 1.165) is 36.5 Å². The molecule has 3 rings (SSSR count). The molecule has 104 valence electrons. The van der Waals surface area contributed by atoms with Crippen LogP contribution in [0.3, 0.4) is 0 Å². The van der Waals surface area contributed by atoms with E-state index < -0.39 is 0 Å². The second kappa shape index (κ2) is 5.71. The fourth-order valence-corrected chi connectivity index (χ4v) is 3.34. The lowest BCUT2D eigenvalue weighted by Gasteiger charge is -2.26. The van der Waals surface area contributed by atoms with E-state index >= 15 is 0 Å². The molecule has 0 bridgehead atoms. The summed E-state index contributed by atoms with van der Waals surface area (Å²) in [6, 6.07) is 7.61. The van der Waals surface area contributed by atoms with Gasteiger partial charge in [0.25, 0.3) is 5.91 Å². The van der Waals surface area contributed by atoms with Crippen LogP contribution in [0.15, 0.2) is 40.1 Å². The number of piperidine rings is 1. The fourth-order valence-electron chi connectivity index (χ4n) is 2.42. The van der Waals surface area contributed by atoms with Gasteiger partial charge in [0.15, 0.2) is 0 Å². The molecular formula is C15H16N2O2S. The van der Waals surface area contributed by atoms with E-state index in [2.05, 4.69) is 5.32 Å². The van der Waals surface area contributed by atoms with Crippen molar-refractivity contribution in [3.8, 4) is 0 Å². The van der Waals surface area contributed by atoms with Gasteiger partial charge in [0.05, 0.1) is 10.6 Å². The molecule has 0 spiro atoms. The van der Waals surface area contributed by atoms with Crippen molar-refractivity contribution in [1.82, 2.24) is 4.90 Å². The number of hydrogen-bond donors (Lipinski definition) is 1. The van der Waals surface area contributed by atoms with Crippen LogP contribution in [0.25, 0.3) is 0 Å². The summed E-state index contributed by atoms with van der Waals surface area (Å²) in [5.74, 6) is -0.249. The van der Waals surface area contributed by atoms with Crippen molar-refractivity contribution in [2.75, 3.05) is 18.4 Å². The van der Waals surface area contributed by atoms with Gasteiger partial charge in [0, 0.05) is 24.1 Å². The number of anilines is 1. The van der Waals surface area contributed by atoms with Crippen LogP contribution >= 0.6 is 11.8 Å². The Bertz CT molecular complexity index is 577. The first kappa shape index (κ1) is 13.2. The maximum Gasteiger partial charge on any atom is 0.262 e. The Morgan fingerprint density at radius 3 is 2.75 bits per heavy atom. The number of thioether (sulfide) groups is 1. The Hall–Kier alpha value is -1.75. The SMILES string of the molecule is O=C1Nc2ccccc2SC1=CC(=O)N1CCCCC1. The van der Waals surface area contributed by atoms with Crippen molar-refractivity contribution in [3.63, 3.8) is 0 Å². The first-order valence-corrected chi connectivity index (χ1v) is 7.64. The minimum absolute atomic E-state index is 0.0540. The van der Waals surface area contributed by atoms with Gasteiger partial charge in [-0.3, -0.25) is 9.59 Å². The Balaban J connectivity index is 1.78. The number of hydrogen-bond acceptors (Lipinski definition) is 3. The van der Waals surface area contributed by atoms with E-state index in [9.17, 15) is 9.59 Å². The molecule has 4 nitrogen and oxygen atoms in total. The summed E-state index contributed by atoms with van der Waals surface area (Å²) in [4.78, 5) is 27.5. The molecule has 1 saturated heterocycles. The number of carbonyl (C=O) groups is 2. The molecule has 0 aliphatic carbocycles. The molecule has 2 aliphatic rings. The topological polar surface area (TPSA) is 49.4 Å². The lowest BCUT2D eigenvalue weighted by Crippen LogP contribution is -2.35. The average molecular weight is 288 g/mol. The second-order valence-corrected chi connectivity index (χ2v) is 6.03. The maximum atomic E-state index is 12.2. The van der Waals surface area contributed by atoms with E-state index in [1.54, 1.807) is 0 Å². The van der Waals surface area contributed by atoms with Crippen LogP contribution in [0.2, 0.25) is 0 Å².